The van der Waals surface area contributed by atoms with Crippen LogP contribution in [0.25, 0.3) is 16.5 Å². The van der Waals surface area contributed by atoms with Crippen molar-refractivity contribution in [2.75, 3.05) is 4.90 Å². The molecule has 3 heterocycles. The molecule has 0 amide bonds. The lowest BCUT2D eigenvalue weighted by Crippen LogP contribution is -2.29. The lowest BCUT2D eigenvalue weighted by molar-refractivity contribution is 0.311. The van der Waals surface area contributed by atoms with Gasteiger partial charge in [-0.3, -0.25) is 9.78 Å². The third-order valence-electron chi connectivity index (χ3n) is 5.90. The number of halogens is 1. The van der Waals surface area contributed by atoms with Gasteiger partial charge in [0.1, 0.15) is 11.5 Å². The van der Waals surface area contributed by atoms with Crippen molar-refractivity contribution in [1.29, 1.82) is 0 Å². The van der Waals surface area contributed by atoms with Crippen molar-refractivity contribution in [3.63, 3.8) is 0 Å². The first-order valence-electron chi connectivity index (χ1n) is 9.96. The van der Waals surface area contributed by atoms with Crippen LogP contribution >= 0.6 is 0 Å². The van der Waals surface area contributed by atoms with Crippen molar-refractivity contribution in [1.82, 2.24) is 15.0 Å². The number of para-hydroxylation sites is 1. The van der Waals surface area contributed by atoms with Gasteiger partial charge in [-0.25, -0.2) is 9.37 Å². The maximum atomic E-state index is 14.3. The molecule has 1 saturated carbocycles. The molecule has 0 atom stereocenters. The zero-order chi connectivity index (χ0) is 20.0. The molecule has 1 aliphatic carbocycles. The van der Waals surface area contributed by atoms with Crippen LogP contribution in [0.1, 0.15) is 45.3 Å². The van der Waals surface area contributed by atoms with Crippen LogP contribution in [0.4, 0.5) is 10.2 Å². The summed E-state index contributed by atoms with van der Waals surface area (Å²) in [6, 6.07) is 6.40. The van der Waals surface area contributed by atoms with Gasteiger partial charge in [-0.1, -0.05) is 37.1 Å². The Balaban J connectivity index is 0.00000218. The smallest absolute Gasteiger partial charge is 0.248 e. The van der Waals surface area contributed by atoms with Crippen molar-refractivity contribution >= 4 is 22.3 Å². The summed E-state index contributed by atoms with van der Waals surface area (Å²) in [4.78, 5) is 26.0. The van der Waals surface area contributed by atoms with Crippen LogP contribution in [0, 0.1) is 11.7 Å². The summed E-state index contributed by atoms with van der Waals surface area (Å²) in [5.41, 5.74) is 7.02. The average Bonchev–Trinajstić information content (AvgIpc) is 2.68. The molecular formula is C23H23FN4O. The molecule has 5 nitrogen and oxygen atoms in total. The first kappa shape index (κ1) is 17.8. The summed E-state index contributed by atoms with van der Waals surface area (Å²) in [7, 11) is 0. The second kappa shape index (κ2) is 6.98. The van der Waals surface area contributed by atoms with Crippen LogP contribution in [0.15, 0.2) is 52.9 Å². The highest BCUT2D eigenvalue weighted by Gasteiger charge is 2.28. The predicted octanol–water partition coefficient (Wildman–Crippen LogP) is 4.80. The molecule has 29 heavy (non-hydrogen) atoms. The maximum Gasteiger partial charge on any atom is 0.248 e. The van der Waals surface area contributed by atoms with E-state index in [1.807, 2.05) is 13.0 Å². The van der Waals surface area contributed by atoms with E-state index in [2.05, 4.69) is 25.6 Å². The molecule has 5 rings (SSSR count). The fourth-order valence-electron chi connectivity index (χ4n) is 4.18. The average molecular weight is 390 g/mol. The Labute approximate surface area is 169 Å². The van der Waals surface area contributed by atoms with E-state index < -0.39 is 5.82 Å². The SMILES string of the molecule is CC1=C=C(CC2CCC2)N(Cc2cc(=O)[nH]c3c(F)cccc23)c2nccnc21.[HH]. The van der Waals surface area contributed by atoms with Gasteiger partial charge >= 0.3 is 0 Å². The Morgan fingerprint density at radius 2 is 2.14 bits per heavy atom. The summed E-state index contributed by atoms with van der Waals surface area (Å²) in [5, 5.41) is 0.698. The number of benzene rings is 1. The number of hydrogen-bond acceptors (Lipinski definition) is 4. The molecule has 1 aromatic carbocycles. The number of pyridine rings is 1. The largest absolute Gasteiger partial charge is 0.319 e. The van der Waals surface area contributed by atoms with Crippen molar-refractivity contribution in [3.8, 4) is 0 Å². The van der Waals surface area contributed by atoms with E-state index in [-0.39, 0.29) is 12.5 Å². The van der Waals surface area contributed by atoms with E-state index in [1.165, 1.54) is 25.3 Å². The molecule has 0 saturated heterocycles. The van der Waals surface area contributed by atoms with Gasteiger partial charge in [-0.2, -0.15) is 0 Å². The number of nitrogens with one attached hydrogen (secondary N) is 1. The zero-order valence-electron chi connectivity index (χ0n) is 16.2. The summed E-state index contributed by atoms with van der Waals surface area (Å²) in [5.74, 6) is 0.989. The van der Waals surface area contributed by atoms with Crippen molar-refractivity contribution in [3.05, 3.63) is 75.5 Å². The standard InChI is InChI=1S/C23H21FN4O.H2/c1-14-10-17(11-15-4-2-5-15)28(23-21(14)25-8-9-26-23)13-16-12-20(29)27-22-18(16)6-3-7-19(22)24;/h3,6-9,12,15H,2,4-5,11,13H2,1H3,(H,27,29);1H. The van der Waals surface area contributed by atoms with Crippen molar-refractivity contribution in [2.24, 2.45) is 5.92 Å². The fraction of sp³-hybridized carbons (Fsp3) is 0.304. The van der Waals surface area contributed by atoms with Crippen LogP contribution in [0.2, 0.25) is 0 Å². The second-order valence-electron chi connectivity index (χ2n) is 7.83. The Morgan fingerprint density at radius 3 is 2.93 bits per heavy atom. The van der Waals surface area contributed by atoms with Crippen LogP contribution in [0.5, 0.6) is 0 Å². The van der Waals surface area contributed by atoms with Crippen LogP contribution < -0.4 is 10.5 Å². The Hall–Kier alpha value is -3.24. The number of aromatic amines is 1. The van der Waals surface area contributed by atoms with Crippen LogP contribution in [-0.4, -0.2) is 15.0 Å². The van der Waals surface area contributed by atoms with Crippen LogP contribution in [-0.2, 0) is 6.54 Å². The maximum absolute atomic E-state index is 14.3. The van der Waals surface area contributed by atoms with Gasteiger partial charge in [0.2, 0.25) is 5.56 Å². The first-order valence-corrected chi connectivity index (χ1v) is 9.96. The highest BCUT2D eigenvalue weighted by atomic mass is 19.1. The number of fused-ring (bicyclic) bond motifs is 2. The summed E-state index contributed by atoms with van der Waals surface area (Å²) in [6.45, 7) is 2.42. The molecule has 1 fully saturated rings. The normalized spacial score (nSPS) is 16.3. The Morgan fingerprint density at radius 1 is 1.31 bits per heavy atom. The summed E-state index contributed by atoms with van der Waals surface area (Å²) in [6.07, 6.45) is 8.00. The monoisotopic (exact) mass is 390 g/mol. The molecule has 148 valence electrons. The fourth-order valence-corrected chi connectivity index (χ4v) is 4.18. The lowest BCUT2D eigenvalue weighted by Gasteiger charge is -2.34. The topological polar surface area (TPSA) is 61.9 Å². The molecule has 1 aliphatic heterocycles. The number of H-pyrrole nitrogens is 1. The molecular weight excluding hydrogens is 367 g/mol. The lowest BCUT2D eigenvalue weighted by atomic mass is 9.81. The number of rotatable bonds is 4. The Kier molecular flexibility index (Phi) is 4.29. The minimum Gasteiger partial charge on any atom is -0.319 e. The summed E-state index contributed by atoms with van der Waals surface area (Å²) < 4.78 is 14.3. The van der Waals surface area contributed by atoms with Gasteiger partial charge in [0.05, 0.1) is 17.8 Å². The highest BCUT2D eigenvalue weighted by Crippen LogP contribution is 2.38. The van der Waals surface area contributed by atoms with Gasteiger partial charge in [0, 0.05) is 30.8 Å². The molecule has 2 aliphatic rings. The van der Waals surface area contributed by atoms with E-state index in [9.17, 15) is 9.18 Å². The number of anilines is 1. The molecule has 2 aromatic heterocycles. The molecule has 6 heteroatoms. The first-order chi connectivity index (χ1) is 14.1. The molecule has 0 unspecified atom stereocenters. The van der Waals surface area contributed by atoms with E-state index >= 15 is 0 Å². The van der Waals surface area contributed by atoms with E-state index in [0.29, 0.717) is 17.8 Å². The predicted molar refractivity (Wildman–Crippen MR) is 113 cm³/mol. The van der Waals surface area contributed by atoms with E-state index in [1.54, 1.807) is 24.5 Å². The van der Waals surface area contributed by atoms with E-state index in [0.717, 1.165) is 34.8 Å². The molecule has 3 aromatic rings. The van der Waals surface area contributed by atoms with Crippen LogP contribution in [0.3, 0.4) is 0 Å². The number of allylic oxidation sites excluding steroid dienone is 1. The molecule has 0 bridgehead atoms. The van der Waals surface area contributed by atoms with Gasteiger partial charge in [0.15, 0.2) is 5.82 Å². The van der Waals surface area contributed by atoms with Gasteiger partial charge in [-0.05, 0) is 30.9 Å². The number of aromatic nitrogens is 3. The third kappa shape index (κ3) is 3.15. The second-order valence-corrected chi connectivity index (χ2v) is 7.83. The van der Waals surface area contributed by atoms with Crippen molar-refractivity contribution < 1.29 is 5.82 Å². The molecule has 0 radical (unpaired) electrons. The number of hydrogen-bond donors (Lipinski definition) is 1. The zero-order valence-corrected chi connectivity index (χ0v) is 16.2. The summed E-state index contributed by atoms with van der Waals surface area (Å²) >= 11 is 0. The molecule has 1 N–H and O–H groups in total. The Bertz CT molecular complexity index is 1240. The minimum atomic E-state index is -0.429. The molecule has 0 spiro atoms. The number of nitrogens with zero attached hydrogens (tertiary/aromatic N) is 3. The van der Waals surface area contributed by atoms with Gasteiger partial charge in [0.25, 0.3) is 0 Å². The quantitative estimate of drug-likeness (QED) is 0.650. The highest BCUT2D eigenvalue weighted by molar-refractivity contribution is 5.83. The van der Waals surface area contributed by atoms with Gasteiger partial charge < -0.3 is 9.88 Å². The van der Waals surface area contributed by atoms with E-state index in [4.69, 9.17) is 0 Å². The third-order valence-corrected chi connectivity index (χ3v) is 5.90. The van der Waals surface area contributed by atoms with Crippen molar-refractivity contribution in [2.45, 2.75) is 39.2 Å². The van der Waals surface area contributed by atoms with Gasteiger partial charge in [-0.15, -0.1) is 0 Å². The minimum absolute atomic E-state index is 0.